The van der Waals surface area contributed by atoms with Gasteiger partial charge in [0.15, 0.2) is 0 Å². The summed E-state index contributed by atoms with van der Waals surface area (Å²) in [6.45, 7) is 2.98. The molecule has 0 bridgehead atoms. The molecule has 0 heterocycles. The molecule has 0 unspecified atom stereocenters. The molecule has 0 saturated heterocycles. The largest absolute Gasteiger partial charge is 0.494 e. The molecule has 2 nitrogen and oxygen atoms in total. The molecule has 3 rings (SSSR count). The molecular weight excluding hydrogens is 318 g/mol. The minimum atomic E-state index is 0.787. The number of hydrogen-bond donors (Lipinski definition) is 0. The van der Waals surface area contributed by atoms with E-state index < -0.39 is 0 Å². The van der Waals surface area contributed by atoms with Crippen molar-refractivity contribution in [3.63, 3.8) is 0 Å². The highest BCUT2D eigenvalue weighted by molar-refractivity contribution is 5.82. The Bertz CT molecular complexity index is 805. The molecule has 2 heteroatoms. The molecular formula is C24H25NO. The van der Waals surface area contributed by atoms with E-state index in [2.05, 4.69) is 48.3 Å². The van der Waals surface area contributed by atoms with Crippen molar-refractivity contribution < 1.29 is 4.74 Å². The summed E-state index contributed by atoms with van der Waals surface area (Å²) < 4.78 is 5.74. The van der Waals surface area contributed by atoms with Crippen molar-refractivity contribution in [2.24, 2.45) is 4.99 Å². The maximum atomic E-state index is 5.74. The molecule has 0 atom stereocenters. The molecule has 3 aromatic rings. The van der Waals surface area contributed by atoms with E-state index in [9.17, 15) is 0 Å². The zero-order valence-electron chi connectivity index (χ0n) is 15.3. The lowest BCUT2D eigenvalue weighted by Crippen LogP contribution is -1.96. The van der Waals surface area contributed by atoms with Crippen molar-refractivity contribution in [3.05, 3.63) is 84.4 Å². The van der Waals surface area contributed by atoms with Gasteiger partial charge in [0.2, 0.25) is 0 Å². The van der Waals surface area contributed by atoms with E-state index in [1.165, 1.54) is 24.0 Å². The first-order valence-corrected chi connectivity index (χ1v) is 9.27. The molecule has 0 aliphatic heterocycles. The third kappa shape index (κ3) is 5.32. The smallest absolute Gasteiger partial charge is 0.119 e. The van der Waals surface area contributed by atoms with E-state index in [0.29, 0.717) is 0 Å². The van der Waals surface area contributed by atoms with Crippen molar-refractivity contribution in [2.75, 3.05) is 6.61 Å². The summed E-state index contributed by atoms with van der Waals surface area (Å²) in [5, 5.41) is 0. The predicted molar refractivity (Wildman–Crippen MR) is 111 cm³/mol. The first kappa shape index (κ1) is 17.9. The normalized spacial score (nSPS) is 11.0. The maximum Gasteiger partial charge on any atom is 0.119 e. The van der Waals surface area contributed by atoms with Gasteiger partial charge in [-0.15, -0.1) is 0 Å². The van der Waals surface area contributed by atoms with Crippen LogP contribution in [0.4, 0.5) is 5.69 Å². The first-order valence-electron chi connectivity index (χ1n) is 9.27. The highest BCUT2D eigenvalue weighted by atomic mass is 16.5. The Hall–Kier alpha value is -2.87. The number of hydrogen-bond acceptors (Lipinski definition) is 2. The van der Waals surface area contributed by atoms with Crippen LogP contribution in [0.15, 0.2) is 83.9 Å². The number of unbranched alkanes of at least 4 members (excludes halogenated alkanes) is 2. The standard InChI is InChI=1S/C24H25NO/c1-2-3-7-18-26-24-16-10-20(11-17-24)19-25-23-14-12-22(13-15-23)21-8-5-4-6-9-21/h4-6,8-17,19H,2-3,7,18H2,1H3. The second kappa shape index (κ2) is 9.57. The highest BCUT2D eigenvalue weighted by Gasteiger charge is 1.97. The van der Waals surface area contributed by atoms with E-state index in [0.717, 1.165) is 30.0 Å². The molecule has 0 radical (unpaired) electrons. The van der Waals surface area contributed by atoms with Crippen LogP contribution < -0.4 is 4.74 Å². The zero-order chi connectivity index (χ0) is 18.0. The minimum Gasteiger partial charge on any atom is -0.494 e. The second-order valence-electron chi connectivity index (χ2n) is 6.30. The van der Waals surface area contributed by atoms with E-state index in [-0.39, 0.29) is 0 Å². The number of ether oxygens (including phenoxy) is 1. The van der Waals surface area contributed by atoms with Gasteiger partial charge in [0.1, 0.15) is 5.75 Å². The van der Waals surface area contributed by atoms with E-state index in [4.69, 9.17) is 4.74 Å². The van der Waals surface area contributed by atoms with Gasteiger partial charge in [-0.25, -0.2) is 0 Å². The van der Waals surface area contributed by atoms with Gasteiger partial charge in [0.25, 0.3) is 0 Å². The SMILES string of the molecule is CCCCCOc1ccc(C=Nc2ccc(-c3ccccc3)cc2)cc1. The summed E-state index contributed by atoms with van der Waals surface area (Å²) >= 11 is 0. The van der Waals surface area contributed by atoms with Gasteiger partial charge < -0.3 is 4.74 Å². The van der Waals surface area contributed by atoms with Crippen molar-refractivity contribution in [1.82, 2.24) is 0 Å². The van der Waals surface area contributed by atoms with Crippen LogP contribution in [0, 0.1) is 0 Å². The Morgan fingerprint density at radius 3 is 2.15 bits per heavy atom. The minimum absolute atomic E-state index is 0.787. The van der Waals surface area contributed by atoms with Crippen molar-refractivity contribution in [1.29, 1.82) is 0 Å². The van der Waals surface area contributed by atoms with Crippen LogP contribution in [0.1, 0.15) is 31.7 Å². The van der Waals surface area contributed by atoms with Crippen molar-refractivity contribution >= 4 is 11.9 Å². The molecule has 0 spiro atoms. The highest BCUT2D eigenvalue weighted by Crippen LogP contribution is 2.22. The molecule has 0 fully saturated rings. The van der Waals surface area contributed by atoms with Gasteiger partial charge in [-0.05, 0) is 59.5 Å². The van der Waals surface area contributed by atoms with E-state index in [1.54, 1.807) is 0 Å². The fraction of sp³-hybridized carbons (Fsp3) is 0.208. The third-order valence-corrected chi connectivity index (χ3v) is 4.23. The predicted octanol–water partition coefficient (Wildman–Crippen LogP) is 6.67. The lowest BCUT2D eigenvalue weighted by atomic mass is 10.1. The molecule has 0 aromatic heterocycles. The van der Waals surface area contributed by atoms with Crippen LogP contribution in [0.5, 0.6) is 5.75 Å². The average Bonchev–Trinajstić information content (AvgIpc) is 2.72. The third-order valence-electron chi connectivity index (χ3n) is 4.23. The Morgan fingerprint density at radius 1 is 0.769 bits per heavy atom. The monoisotopic (exact) mass is 343 g/mol. The average molecular weight is 343 g/mol. The van der Waals surface area contributed by atoms with Gasteiger partial charge in [-0.3, -0.25) is 4.99 Å². The number of nitrogens with zero attached hydrogens (tertiary/aromatic N) is 1. The van der Waals surface area contributed by atoms with Crippen LogP contribution in [-0.2, 0) is 0 Å². The number of benzene rings is 3. The van der Waals surface area contributed by atoms with Crippen LogP contribution in [-0.4, -0.2) is 12.8 Å². The summed E-state index contributed by atoms with van der Waals surface area (Å²) in [6, 6.07) is 26.8. The fourth-order valence-corrected chi connectivity index (χ4v) is 2.71. The molecule has 0 saturated carbocycles. The first-order chi connectivity index (χ1) is 12.8. The Balaban J connectivity index is 1.57. The summed E-state index contributed by atoms with van der Waals surface area (Å²) in [7, 11) is 0. The Morgan fingerprint density at radius 2 is 1.46 bits per heavy atom. The van der Waals surface area contributed by atoms with Crippen LogP contribution in [0.25, 0.3) is 11.1 Å². The second-order valence-corrected chi connectivity index (χ2v) is 6.30. The maximum absolute atomic E-state index is 5.74. The molecule has 0 aliphatic carbocycles. The van der Waals surface area contributed by atoms with E-state index in [1.807, 2.05) is 48.7 Å². The van der Waals surface area contributed by atoms with Crippen LogP contribution >= 0.6 is 0 Å². The van der Waals surface area contributed by atoms with Gasteiger partial charge in [-0.2, -0.15) is 0 Å². The van der Waals surface area contributed by atoms with Gasteiger partial charge in [0, 0.05) is 6.21 Å². The van der Waals surface area contributed by atoms with Crippen molar-refractivity contribution in [2.45, 2.75) is 26.2 Å². The topological polar surface area (TPSA) is 21.6 Å². The summed E-state index contributed by atoms with van der Waals surface area (Å²) in [5.41, 5.74) is 4.44. The number of rotatable bonds is 8. The van der Waals surface area contributed by atoms with Gasteiger partial charge in [-0.1, -0.05) is 62.2 Å². The summed E-state index contributed by atoms with van der Waals surface area (Å²) in [4.78, 5) is 4.56. The summed E-state index contributed by atoms with van der Waals surface area (Å²) in [6.07, 6.45) is 5.43. The lowest BCUT2D eigenvalue weighted by Gasteiger charge is -2.05. The molecule has 0 aliphatic rings. The lowest BCUT2D eigenvalue weighted by molar-refractivity contribution is 0.306. The summed E-state index contributed by atoms with van der Waals surface area (Å²) in [5.74, 6) is 0.922. The fourth-order valence-electron chi connectivity index (χ4n) is 2.71. The molecule has 3 aromatic carbocycles. The zero-order valence-corrected chi connectivity index (χ0v) is 15.3. The molecule has 0 amide bonds. The molecule has 0 N–H and O–H groups in total. The van der Waals surface area contributed by atoms with Crippen LogP contribution in [0.3, 0.4) is 0 Å². The number of aliphatic imine (C=N–C) groups is 1. The van der Waals surface area contributed by atoms with Crippen LogP contribution in [0.2, 0.25) is 0 Å². The van der Waals surface area contributed by atoms with E-state index >= 15 is 0 Å². The Kier molecular flexibility index (Phi) is 6.60. The van der Waals surface area contributed by atoms with Gasteiger partial charge in [0.05, 0.1) is 12.3 Å². The molecule has 26 heavy (non-hydrogen) atoms. The van der Waals surface area contributed by atoms with Gasteiger partial charge >= 0.3 is 0 Å². The quantitative estimate of drug-likeness (QED) is 0.330. The van der Waals surface area contributed by atoms with Crippen molar-refractivity contribution in [3.8, 4) is 16.9 Å². The Labute approximate surface area is 156 Å². The molecule has 132 valence electrons.